The van der Waals surface area contributed by atoms with Crippen molar-refractivity contribution >= 4 is 43.5 Å². The molecule has 2 aliphatic rings. The zero-order valence-electron chi connectivity index (χ0n) is 26.6. The highest BCUT2D eigenvalue weighted by Crippen LogP contribution is 2.40. The minimum absolute atomic E-state index is 0.835. The summed E-state index contributed by atoms with van der Waals surface area (Å²) in [5, 5.41) is 14.4. The van der Waals surface area contributed by atoms with Crippen LogP contribution in [0.25, 0.3) is 76.8 Å². The van der Waals surface area contributed by atoms with Crippen molar-refractivity contribution in [2.75, 3.05) is 13.1 Å². The molecule has 0 aliphatic carbocycles. The number of allylic oxidation sites excluding steroid dienone is 4. The highest BCUT2D eigenvalue weighted by Gasteiger charge is 2.15. The number of hydrogen-bond donors (Lipinski definition) is 2. The molecule has 0 saturated carbocycles. The van der Waals surface area contributed by atoms with Crippen LogP contribution in [0.15, 0.2) is 170 Å². The van der Waals surface area contributed by atoms with Gasteiger partial charge < -0.3 is 10.6 Å². The molecule has 0 saturated heterocycles. The van der Waals surface area contributed by atoms with Gasteiger partial charge in [0.2, 0.25) is 0 Å². The molecule has 0 aromatic heterocycles. The van der Waals surface area contributed by atoms with E-state index in [4.69, 9.17) is 0 Å². The molecular weight excluding hydrogens is 581 g/mol. The fourth-order valence-electron chi connectivity index (χ4n) is 7.39. The fraction of sp³-hybridized carbons (Fsp3) is 0.0435. The summed E-state index contributed by atoms with van der Waals surface area (Å²) in [6, 6.07) is 49.4. The van der Waals surface area contributed by atoms with Crippen molar-refractivity contribution in [3.05, 3.63) is 181 Å². The third kappa shape index (κ3) is 4.99. The van der Waals surface area contributed by atoms with Gasteiger partial charge in [-0.25, -0.2) is 0 Å². The van der Waals surface area contributed by atoms with E-state index in [9.17, 15) is 0 Å². The van der Waals surface area contributed by atoms with Crippen molar-refractivity contribution in [1.82, 2.24) is 10.6 Å². The summed E-state index contributed by atoms with van der Waals surface area (Å²) >= 11 is 0. The summed E-state index contributed by atoms with van der Waals surface area (Å²) in [6.45, 7) is 1.67. The van der Waals surface area contributed by atoms with Crippen LogP contribution < -0.4 is 10.6 Å². The number of dihydropyridines is 2. The normalized spacial score (nSPS) is 14.1. The maximum absolute atomic E-state index is 3.30. The third-order valence-electron chi connectivity index (χ3n) is 9.73. The van der Waals surface area contributed by atoms with E-state index in [2.05, 4.69) is 168 Å². The van der Waals surface area contributed by atoms with E-state index in [1.165, 1.54) is 88.0 Å². The molecule has 2 nitrogen and oxygen atoms in total. The van der Waals surface area contributed by atoms with Crippen molar-refractivity contribution in [2.45, 2.75) is 0 Å². The van der Waals surface area contributed by atoms with Crippen LogP contribution in [0.3, 0.4) is 0 Å². The first-order chi connectivity index (χ1) is 23.8. The molecule has 228 valence electrons. The molecule has 0 radical (unpaired) electrons. The molecule has 2 heterocycles. The summed E-state index contributed by atoms with van der Waals surface area (Å²) in [5.41, 5.74) is 12.3. The van der Waals surface area contributed by atoms with Gasteiger partial charge in [-0.1, -0.05) is 115 Å². The van der Waals surface area contributed by atoms with Crippen LogP contribution in [0.4, 0.5) is 0 Å². The van der Waals surface area contributed by atoms with Crippen LogP contribution >= 0.6 is 0 Å². The number of rotatable bonds is 5. The van der Waals surface area contributed by atoms with E-state index in [0.717, 1.165) is 13.1 Å². The van der Waals surface area contributed by atoms with E-state index in [-0.39, 0.29) is 0 Å². The Morgan fingerprint density at radius 3 is 1.38 bits per heavy atom. The van der Waals surface area contributed by atoms with Gasteiger partial charge in [0.1, 0.15) is 0 Å². The average molecular weight is 615 g/mol. The number of hydrogen-bond acceptors (Lipinski definition) is 2. The molecule has 0 bridgehead atoms. The van der Waals surface area contributed by atoms with Crippen LogP contribution in [-0.4, -0.2) is 13.1 Å². The van der Waals surface area contributed by atoms with Crippen molar-refractivity contribution in [3.8, 4) is 33.4 Å². The molecule has 0 fully saturated rings. The topological polar surface area (TPSA) is 24.1 Å². The van der Waals surface area contributed by atoms with Gasteiger partial charge in [0.05, 0.1) is 0 Å². The molecule has 9 rings (SSSR count). The van der Waals surface area contributed by atoms with E-state index in [1.807, 2.05) is 12.4 Å². The van der Waals surface area contributed by atoms with Gasteiger partial charge in [-0.3, -0.25) is 0 Å². The van der Waals surface area contributed by atoms with Gasteiger partial charge in [-0.05, 0) is 143 Å². The Hall–Kier alpha value is -6.12. The van der Waals surface area contributed by atoms with E-state index in [1.54, 1.807) is 0 Å². The van der Waals surface area contributed by atoms with Crippen molar-refractivity contribution in [2.24, 2.45) is 0 Å². The Morgan fingerprint density at radius 1 is 0.333 bits per heavy atom. The van der Waals surface area contributed by atoms with Crippen LogP contribution in [0.2, 0.25) is 0 Å². The molecule has 2 heteroatoms. The Bertz CT molecular complexity index is 2420. The summed E-state index contributed by atoms with van der Waals surface area (Å²) in [4.78, 5) is 0. The van der Waals surface area contributed by atoms with E-state index in [0.29, 0.717) is 0 Å². The van der Waals surface area contributed by atoms with Crippen LogP contribution in [0, 0.1) is 0 Å². The highest BCUT2D eigenvalue weighted by molar-refractivity contribution is 6.25. The Labute approximate surface area is 281 Å². The second-order valence-corrected chi connectivity index (χ2v) is 12.6. The molecule has 0 unspecified atom stereocenters. The zero-order valence-corrected chi connectivity index (χ0v) is 26.6. The molecule has 7 aromatic carbocycles. The molecule has 7 aromatic rings. The summed E-state index contributed by atoms with van der Waals surface area (Å²) in [7, 11) is 0. The minimum atomic E-state index is 0.835. The maximum Gasteiger partial charge on any atom is 0.0334 e. The van der Waals surface area contributed by atoms with Gasteiger partial charge in [0.15, 0.2) is 0 Å². The standard InChI is InChI=1S/C46H34N2/c1-2-11-40(38-28-36(31-18-22-47-23-19-31)27-37(29-38)32-20-24-48-25-21-32)39(10-1)35-9-7-8-33(26-35)34-16-17-45-43-14-4-3-12-41(43)42-13-5-6-15-44(42)46(45)30-34/h1-22,24,26-30,47-48H,23,25H2. The molecule has 48 heavy (non-hydrogen) atoms. The molecular formula is C46H34N2. The lowest BCUT2D eigenvalue weighted by atomic mass is 9.88. The highest BCUT2D eigenvalue weighted by atomic mass is 14.8. The molecule has 0 amide bonds. The molecule has 2 aliphatic heterocycles. The monoisotopic (exact) mass is 614 g/mol. The van der Waals surface area contributed by atoms with E-state index >= 15 is 0 Å². The number of benzene rings is 7. The second-order valence-electron chi connectivity index (χ2n) is 12.6. The predicted octanol–water partition coefficient (Wildman–Crippen LogP) is 11.1. The predicted molar refractivity (Wildman–Crippen MR) is 206 cm³/mol. The number of fused-ring (bicyclic) bond motifs is 6. The lowest BCUT2D eigenvalue weighted by Crippen LogP contribution is -2.09. The lowest BCUT2D eigenvalue weighted by Gasteiger charge is -2.17. The van der Waals surface area contributed by atoms with Crippen LogP contribution in [0.1, 0.15) is 11.1 Å². The SMILES string of the molecule is C1=CC(c2cc(C3=CCNC=C3)cc(-c3ccccc3-c3cccc(-c4ccc5c6ccccc6c6ccccc6c5c4)c3)c2)=CCN1. The minimum Gasteiger partial charge on any atom is -0.387 e. The third-order valence-corrected chi connectivity index (χ3v) is 9.73. The smallest absolute Gasteiger partial charge is 0.0334 e. The zero-order chi connectivity index (χ0) is 31.9. The largest absolute Gasteiger partial charge is 0.387 e. The maximum atomic E-state index is 3.30. The first-order valence-electron chi connectivity index (χ1n) is 16.7. The van der Waals surface area contributed by atoms with Crippen LogP contribution in [-0.2, 0) is 0 Å². The van der Waals surface area contributed by atoms with Crippen molar-refractivity contribution in [3.63, 3.8) is 0 Å². The summed E-state index contributed by atoms with van der Waals surface area (Å²) < 4.78 is 0. The summed E-state index contributed by atoms with van der Waals surface area (Å²) in [5.74, 6) is 0. The number of nitrogens with one attached hydrogen (secondary N) is 2. The molecule has 0 spiro atoms. The lowest BCUT2D eigenvalue weighted by molar-refractivity contribution is 0.975. The van der Waals surface area contributed by atoms with Gasteiger partial charge >= 0.3 is 0 Å². The quantitative estimate of drug-likeness (QED) is 0.189. The Balaban J connectivity index is 1.18. The average Bonchev–Trinajstić information content (AvgIpc) is 3.18. The van der Waals surface area contributed by atoms with Gasteiger partial charge in [-0.15, -0.1) is 0 Å². The fourth-order valence-corrected chi connectivity index (χ4v) is 7.39. The van der Waals surface area contributed by atoms with Crippen LogP contribution in [0.5, 0.6) is 0 Å². The van der Waals surface area contributed by atoms with Crippen molar-refractivity contribution < 1.29 is 0 Å². The molecule has 0 atom stereocenters. The van der Waals surface area contributed by atoms with Crippen molar-refractivity contribution in [1.29, 1.82) is 0 Å². The molecule has 2 N–H and O–H groups in total. The Morgan fingerprint density at radius 2 is 0.792 bits per heavy atom. The van der Waals surface area contributed by atoms with Gasteiger partial charge in [0, 0.05) is 13.1 Å². The first-order valence-corrected chi connectivity index (χ1v) is 16.7. The van der Waals surface area contributed by atoms with Gasteiger partial charge in [-0.2, -0.15) is 0 Å². The Kier molecular flexibility index (Phi) is 6.98. The summed E-state index contributed by atoms with van der Waals surface area (Å²) in [6.07, 6.45) is 13.0. The van der Waals surface area contributed by atoms with E-state index < -0.39 is 0 Å². The second kappa shape index (κ2) is 11.9. The first kappa shape index (κ1) is 28.1. The van der Waals surface area contributed by atoms with Gasteiger partial charge in [0.25, 0.3) is 0 Å².